The van der Waals surface area contributed by atoms with Crippen LogP contribution in [0, 0.1) is 5.92 Å². The molecule has 1 saturated carbocycles. The van der Waals surface area contributed by atoms with E-state index in [2.05, 4.69) is 19.1 Å². The lowest BCUT2D eigenvalue weighted by molar-refractivity contribution is 0.101. The zero-order valence-corrected chi connectivity index (χ0v) is 8.79. The van der Waals surface area contributed by atoms with Gasteiger partial charge in [-0.05, 0) is 37.2 Å². The maximum absolute atomic E-state index is 11.1. The molecule has 1 aliphatic carbocycles. The molecule has 14 heavy (non-hydrogen) atoms. The monoisotopic (exact) mass is 188 g/mol. The minimum atomic E-state index is 0.149. The molecule has 0 saturated heterocycles. The third-order valence-corrected chi connectivity index (χ3v) is 3.17. The molecule has 1 aromatic carbocycles. The van der Waals surface area contributed by atoms with Crippen LogP contribution in [-0.4, -0.2) is 5.78 Å². The van der Waals surface area contributed by atoms with Crippen LogP contribution in [0.4, 0.5) is 0 Å². The Kier molecular flexibility index (Phi) is 2.40. The van der Waals surface area contributed by atoms with Crippen molar-refractivity contribution in [2.45, 2.75) is 32.6 Å². The summed E-state index contributed by atoms with van der Waals surface area (Å²) in [6.07, 6.45) is 2.74. The summed E-state index contributed by atoms with van der Waals surface area (Å²) < 4.78 is 0. The summed E-state index contributed by atoms with van der Waals surface area (Å²) >= 11 is 0. The van der Waals surface area contributed by atoms with Gasteiger partial charge in [0.05, 0.1) is 0 Å². The van der Waals surface area contributed by atoms with Crippen molar-refractivity contribution < 1.29 is 4.79 Å². The van der Waals surface area contributed by atoms with Crippen LogP contribution in [0.5, 0.6) is 0 Å². The number of benzene rings is 1. The largest absolute Gasteiger partial charge is 0.295 e. The van der Waals surface area contributed by atoms with E-state index in [4.69, 9.17) is 0 Å². The highest BCUT2D eigenvalue weighted by molar-refractivity contribution is 5.94. The number of carbonyl (C=O) groups is 1. The van der Waals surface area contributed by atoms with Crippen LogP contribution in [0.25, 0.3) is 0 Å². The normalized spacial score (nSPS) is 17.9. The molecule has 0 bridgehead atoms. The van der Waals surface area contributed by atoms with E-state index < -0.39 is 0 Å². The summed E-state index contributed by atoms with van der Waals surface area (Å²) in [5.74, 6) is 1.70. The lowest BCUT2D eigenvalue weighted by atomic mass is 9.95. The zero-order chi connectivity index (χ0) is 10.1. The Balaban J connectivity index is 2.16. The van der Waals surface area contributed by atoms with Crippen LogP contribution in [0.3, 0.4) is 0 Å². The predicted octanol–water partition coefficient (Wildman–Crippen LogP) is 3.40. The Morgan fingerprint density at radius 2 is 1.86 bits per heavy atom. The number of hydrogen-bond acceptors (Lipinski definition) is 1. The summed E-state index contributed by atoms with van der Waals surface area (Å²) in [5.41, 5.74) is 2.19. The fourth-order valence-corrected chi connectivity index (χ4v) is 1.89. The van der Waals surface area contributed by atoms with Gasteiger partial charge in [0.25, 0.3) is 0 Å². The number of hydrogen-bond donors (Lipinski definition) is 0. The van der Waals surface area contributed by atoms with Gasteiger partial charge in [-0.25, -0.2) is 0 Å². The summed E-state index contributed by atoms with van der Waals surface area (Å²) in [5, 5.41) is 0. The van der Waals surface area contributed by atoms with Gasteiger partial charge in [0.2, 0.25) is 0 Å². The Labute approximate surface area is 85.1 Å². The third-order valence-electron chi connectivity index (χ3n) is 3.17. The van der Waals surface area contributed by atoms with Gasteiger partial charge in [0.15, 0.2) is 5.78 Å². The van der Waals surface area contributed by atoms with Crippen molar-refractivity contribution in [2.24, 2.45) is 5.92 Å². The van der Waals surface area contributed by atoms with Crippen molar-refractivity contribution in [3.05, 3.63) is 35.4 Å². The molecule has 74 valence electrons. The third kappa shape index (κ3) is 1.87. The molecule has 0 aromatic heterocycles. The maximum Gasteiger partial charge on any atom is 0.159 e. The fourth-order valence-electron chi connectivity index (χ4n) is 1.89. The molecule has 0 amide bonds. The molecule has 1 atom stereocenters. The molecule has 1 unspecified atom stereocenters. The van der Waals surface area contributed by atoms with Crippen LogP contribution in [0.15, 0.2) is 24.3 Å². The molecule has 0 spiro atoms. The lowest BCUT2D eigenvalue weighted by Gasteiger charge is -2.10. The topological polar surface area (TPSA) is 17.1 Å². The number of rotatable bonds is 3. The van der Waals surface area contributed by atoms with E-state index in [1.54, 1.807) is 6.92 Å². The van der Waals surface area contributed by atoms with E-state index in [0.717, 1.165) is 11.5 Å². The van der Waals surface area contributed by atoms with Crippen molar-refractivity contribution in [2.75, 3.05) is 0 Å². The van der Waals surface area contributed by atoms with Crippen molar-refractivity contribution in [3.8, 4) is 0 Å². The molecule has 1 fully saturated rings. The molecule has 1 aliphatic rings. The molecule has 1 aromatic rings. The van der Waals surface area contributed by atoms with Gasteiger partial charge in [0, 0.05) is 5.56 Å². The van der Waals surface area contributed by atoms with Gasteiger partial charge >= 0.3 is 0 Å². The second-order valence-electron chi connectivity index (χ2n) is 4.30. The Bertz CT molecular complexity index is 333. The van der Waals surface area contributed by atoms with Crippen molar-refractivity contribution in [1.82, 2.24) is 0 Å². The van der Waals surface area contributed by atoms with Crippen molar-refractivity contribution in [1.29, 1.82) is 0 Å². The van der Waals surface area contributed by atoms with Gasteiger partial charge in [-0.15, -0.1) is 0 Å². The first-order valence-electron chi connectivity index (χ1n) is 5.29. The standard InChI is InChI=1S/C13H16O/c1-9(11-3-4-11)12-5-7-13(8-6-12)10(2)14/h5-9,11H,3-4H2,1-2H3. The summed E-state index contributed by atoms with van der Waals surface area (Å²) in [6.45, 7) is 3.89. The summed E-state index contributed by atoms with van der Waals surface area (Å²) in [4.78, 5) is 11.1. The van der Waals surface area contributed by atoms with Crippen molar-refractivity contribution in [3.63, 3.8) is 0 Å². The van der Waals surface area contributed by atoms with E-state index in [9.17, 15) is 4.79 Å². The SMILES string of the molecule is CC(=O)c1ccc(C(C)C2CC2)cc1. The van der Waals surface area contributed by atoms with Gasteiger partial charge in [-0.2, -0.15) is 0 Å². The van der Waals surface area contributed by atoms with Crippen LogP contribution < -0.4 is 0 Å². The maximum atomic E-state index is 11.1. The number of ketones is 1. The molecular formula is C13H16O. The van der Waals surface area contributed by atoms with Crippen LogP contribution in [0.1, 0.15) is 48.5 Å². The average molecular weight is 188 g/mol. The van der Waals surface area contributed by atoms with Gasteiger partial charge in [0.1, 0.15) is 0 Å². The van der Waals surface area contributed by atoms with Crippen LogP contribution in [0.2, 0.25) is 0 Å². The quantitative estimate of drug-likeness (QED) is 0.664. The average Bonchev–Trinajstić information content (AvgIpc) is 3.00. The zero-order valence-electron chi connectivity index (χ0n) is 8.79. The highest BCUT2D eigenvalue weighted by Crippen LogP contribution is 2.42. The highest BCUT2D eigenvalue weighted by Gasteiger charge is 2.28. The van der Waals surface area contributed by atoms with Gasteiger partial charge in [-0.3, -0.25) is 4.79 Å². The van der Waals surface area contributed by atoms with E-state index >= 15 is 0 Å². The first kappa shape index (κ1) is 9.45. The van der Waals surface area contributed by atoms with Gasteiger partial charge < -0.3 is 0 Å². The minimum absolute atomic E-state index is 0.149. The van der Waals surface area contributed by atoms with Crippen LogP contribution in [-0.2, 0) is 0 Å². The number of Topliss-reactive ketones (excluding diaryl/α,β-unsaturated/α-hetero) is 1. The van der Waals surface area contributed by atoms with E-state index in [-0.39, 0.29) is 5.78 Å². The Morgan fingerprint density at radius 3 is 2.29 bits per heavy atom. The lowest BCUT2D eigenvalue weighted by Crippen LogP contribution is -1.97. The second kappa shape index (κ2) is 3.56. The molecule has 0 aliphatic heterocycles. The molecule has 0 radical (unpaired) electrons. The fraction of sp³-hybridized carbons (Fsp3) is 0.462. The van der Waals surface area contributed by atoms with E-state index in [0.29, 0.717) is 5.92 Å². The first-order valence-corrected chi connectivity index (χ1v) is 5.29. The van der Waals surface area contributed by atoms with Gasteiger partial charge in [-0.1, -0.05) is 31.2 Å². The number of carbonyl (C=O) groups excluding carboxylic acids is 1. The highest BCUT2D eigenvalue weighted by atomic mass is 16.1. The molecule has 2 rings (SSSR count). The van der Waals surface area contributed by atoms with Crippen LogP contribution >= 0.6 is 0 Å². The molecular weight excluding hydrogens is 172 g/mol. The second-order valence-corrected chi connectivity index (χ2v) is 4.30. The smallest absolute Gasteiger partial charge is 0.159 e. The first-order chi connectivity index (χ1) is 6.68. The van der Waals surface area contributed by atoms with E-state index in [1.165, 1.54) is 18.4 Å². The molecule has 0 heterocycles. The molecule has 0 N–H and O–H groups in total. The summed E-state index contributed by atoms with van der Waals surface area (Å²) in [6, 6.07) is 8.08. The Morgan fingerprint density at radius 1 is 1.29 bits per heavy atom. The molecule has 1 heteroatoms. The summed E-state index contributed by atoms with van der Waals surface area (Å²) in [7, 11) is 0. The molecule has 1 nitrogen and oxygen atoms in total. The minimum Gasteiger partial charge on any atom is -0.295 e. The van der Waals surface area contributed by atoms with Crippen molar-refractivity contribution >= 4 is 5.78 Å². The predicted molar refractivity (Wildman–Crippen MR) is 57.6 cm³/mol. The van der Waals surface area contributed by atoms with E-state index in [1.807, 2.05) is 12.1 Å². The Hall–Kier alpha value is -1.11.